The predicted molar refractivity (Wildman–Crippen MR) is 116 cm³/mol. The van der Waals surface area contributed by atoms with Crippen LogP contribution in [0.25, 0.3) is 0 Å². The highest BCUT2D eigenvalue weighted by atomic mass is 32.2. The molecular weight excluding hydrogens is 448 g/mol. The second-order valence-corrected chi connectivity index (χ2v) is 10.3. The van der Waals surface area contributed by atoms with Gasteiger partial charge in [-0.3, -0.25) is 0 Å². The van der Waals surface area contributed by atoms with Crippen LogP contribution in [0.5, 0.6) is 5.75 Å². The molecule has 7 nitrogen and oxygen atoms in total. The highest BCUT2D eigenvalue weighted by molar-refractivity contribution is 7.78. The van der Waals surface area contributed by atoms with E-state index in [1.807, 2.05) is 26.0 Å². The maximum absolute atomic E-state index is 12.7. The van der Waals surface area contributed by atoms with Crippen LogP contribution < -0.4 is 10.1 Å². The van der Waals surface area contributed by atoms with Crippen molar-refractivity contribution in [2.45, 2.75) is 56.0 Å². The normalized spacial score (nSPS) is 15.0. The first-order valence-electron chi connectivity index (χ1n) is 9.45. The summed E-state index contributed by atoms with van der Waals surface area (Å²) in [5.74, 6) is -0.218. The van der Waals surface area contributed by atoms with Crippen LogP contribution >= 0.6 is 11.3 Å². The lowest BCUT2D eigenvalue weighted by molar-refractivity contribution is -0.0499. The average Bonchev–Trinajstić information content (AvgIpc) is 3.35. The van der Waals surface area contributed by atoms with Gasteiger partial charge >= 0.3 is 12.6 Å². The second kappa shape index (κ2) is 9.01. The number of rotatable bonds is 7. The number of carbonyl (C=O) groups is 1. The number of alkyl halides is 2. The zero-order valence-electron chi connectivity index (χ0n) is 17.3. The maximum Gasteiger partial charge on any atom is 0.387 e. The number of urea groups is 1. The molecule has 0 aliphatic heterocycles. The van der Waals surface area contributed by atoms with Crippen molar-refractivity contribution in [1.82, 2.24) is 4.98 Å². The van der Waals surface area contributed by atoms with E-state index in [4.69, 9.17) is 0 Å². The molecule has 0 bridgehead atoms. The SMILES string of the molecule is CC(C)c1cc(OC(F)F)cc(C2C=C2)c1NC(=O)/N=[SH](=O)\c1cnc(C(C)(C)O)s1. The van der Waals surface area contributed by atoms with Crippen molar-refractivity contribution in [2.24, 2.45) is 4.36 Å². The highest BCUT2D eigenvalue weighted by Crippen LogP contribution is 2.42. The monoisotopic (exact) mass is 471 g/mol. The molecule has 2 aromatic rings. The summed E-state index contributed by atoms with van der Waals surface area (Å²) in [7, 11) is -2.42. The summed E-state index contributed by atoms with van der Waals surface area (Å²) >= 11 is 1.01. The molecule has 2 N–H and O–H groups in total. The number of thiol groups is 1. The van der Waals surface area contributed by atoms with Gasteiger partial charge in [-0.15, -0.1) is 15.7 Å². The van der Waals surface area contributed by atoms with E-state index in [0.717, 1.165) is 11.3 Å². The van der Waals surface area contributed by atoms with E-state index in [1.54, 1.807) is 13.8 Å². The lowest BCUT2D eigenvalue weighted by Gasteiger charge is -2.19. The summed E-state index contributed by atoms with van der Waals surface area (Å²) in [6, 6.07) is 2.08. The Balaban J connectivity index is 1.90. The number of hydrogen-bond acceptors (Lipinski definition) is 6. The van der Waals surface area contributed by atoms with Gasteiger partial charge in [-0.25, -0.2) is 14.0 Å². The molecule has 31 heavy (non-hydrogen) atoms. The molecule has 1 aromatic carbocycles. The van der Waals surface area contributed by atoms with Gasteiger partial charge in [0.1, 0.15) is 20.6 Å². The van der Waals surface area contributed by atoms with Crippen molar-refractivity contribution in [3.05, 3.63) is 46.6 Å². The molecule has 3 rings (SSSR count). The number of carbonyl (C=O) groups excluding carboxylic acids is 1. The summed E-state index contributed by atoms with van der Waals surface area (Å²) in [6.45, 7) is 3.85. The Kier molecular flexibility index (Phi) is 6.77. The number of halogens is 2. The van der Waals surface area contributed by atoms with Gasteiger partial charge in [0.25, 0.3) is 0 Å². The van der Waals surface area contributed by atoms with Crippen LogP contribution in [0.15, 0.2) is 39.1 Å². The minimum Gasteiger partial charge on any atom is -0.435 e. The summed E-state index contributed by atoms with van der Waals surface area (Å²) in [5.41, 5.74) is 0.442. The molecule has 1 aliphatic rings. The predicted octanol–water partition coefficient (Wildman–Crippen LogP) is 5.00. The van der Waals surface area contributed by atoms with E-state index in [-0.39, 0.29) is 21.8 Å². The van der Waals surface area contributed by atoms with Gasteiger partial charge in [-0.1, -0.05) is 26.0 Å². The number of ether oxygens (including phenoxy) is 1. The van der Waals surface area contributed by atoms with Crippen molar-refractivity contribution >= 4 is 33.7 Å². The number of nitrogens with one attached hydrogen (secondary N) is 1. The molecule has 0 spiro atoms. The van der Waals surface area contributed by atoms with E-state index in [1.165, 1.54) is 18.3 Å². The van der Waals surface area contributed by atoms with Crippen LogP contribution in [0, 0.1) is 0 Å². The fourth-order valence-corrected chi connectivity index (χ4v) is 4.68. The highest BCUT2D eigenvalue weighted by Gasteiger charge is 2.25. The molecule has 1 unspecified atom stereocenters. The molecule has 0 radical (unpaired) electrons. The van der Waals surface area contributed by atoms with Crippen LogP contribution in [-0.2, 0) is 16.2 Å². The average molecular weight is 472 g/mol. The van der Waals surface area contributed by atoms with Crippen LogP contribution in [0.2, 0.25) is 0 Å². The topological polar surface area (TPSA) is 101 Å². The number of nitrogens with zero attached hydrogens (tertiary/aromatic N) is 2. The third-order valence-electron chi connectivity index (χ3n) is 4.38. The summed E-state index contributed by atoms with van der Waals surface area (Å²) < 4.78 is 46.5. The van der Waals surface area contributed by atoms with Crippen molar-refractivity contribution in [2.75, 3.05) is 5.32 Å². The Bertz CT molecular complexity index is 1070. The molecule has 1 aromatic heterocycles. The first-order valence-corrected chi connectivity index (χ1v) is 11.5. The number of benzene rings is 1. The zero-order valence-corrected chi connectivity index (χ0v) is 19.0. The van der Waals surface area contributed by atoms with Gasteiger partial charge in [0.05, 0.1) is 22.5 Å². The van der Waals surface area contributed by atoms with Crippen LogP contribution in [0.1, 0.15) is 55.7 Å². The number of thiazole rings is 1. The number of amides is 2. The first-order chi connectivity index (χ1) is 14.5. The molecule has 168 valence electrons. The van der Waals surface area contributed by atoms with Gasteiger partial charge in [-0.05, 0) is 43.0 Å². The fraction of sp³-hybridized carbons (Fsp3) is 0.400. The summed E-state index contributed by atoms with van der Waals surface area (Å²) in [5, 5.41) is 13.0. The molecule has 1 heterocycles. The van der Waals surface area contributed by atoms with E-state index in [9.17, 15) is 22.9 Å². The van der Waals surface area contributed by atoms with Crippen LogP contribution in [0.3, 0.4) is 0 Å². The molecule has 0 saturated carbocycles. The zero-order chi connectivity index (χ0) is 22.9. The smallest absolute Gasteiger partial charge is 0.387 e. The van der Waals surface area contributed by atoms with Crippen LogP contribution in [0.4, 0.5) is 19.3 Å². The number of anilines is 1. The Labute approximate surface area is 184 Å². The maximum atomic E-state index is 12.7. The van der Waals surface area contributed by atoms with Gasteiger partial charge < -0.3 is 15.2 Å². The molecular formula is C20H23F2N3O4S2. The van der Waals surface area contributed by atoms with Gasteiger partial charge in [0.15, 0.2) is 0 Å². The standard InChI is InChI=1S/C20H23F2N3O4S2/c1-10(2)13-7-12(29-18(21)22)8-14(11-5-6-11)16(13)24-19(26)25-31(28)15-9-23-17(30-15)20(3,4)27/h5-11,18,27,31H,1-4H3,(H,24,26). The number of hydrogen-bond donors (Lipinski definition) is 3. The largest absolute Gasteiger partial charge is 0.435 e. The summed E-state index contributed by atoms with van der Waals surface area (Å²) in [4.78, 5) is 16.6. The molecule has 11 heteroatoms. The van der Waals surface area contributed by atoms with Crippen LogP contribution in [-0.4, -0.2) is 26.9 Å². The fourth-order valence-electron chi connectivity index (χ4n) is 2.86. The molecule has 0 fully saturated rings. The number of allylic oxidation sites excluding steroid dienone is 2. The Hall–Kier alpha value is -2.37. The molecule has 1 aliphatic carbocycles. The summed E-state index contributed by atoms with van der Waals surface area (Å²) in [6.07, 6.45) is 5.03. The Morgan fingerprint density at radius 1 is 1.35 bits per heavy atom. The van der Waals surface area contributed by atoms with Crippen molar-refractivity contribution in [1.29, 1.82) is 0 Å². The van der Waals surface area contributed by atoms with Gasteiger partial charge in [-0.2, -0.15) is 8.78 Å². The second-order valence-electron chi connectivity index (χ2n) is 7.79. The minimum absolute atomic E-state index is 0.00669. The van der Waals surface area contributed by atoms with E-state index in [0.29, 0.717) is 21.8 Å². The van der Waals surface area contributed by atoms with E-state index in [2.05, 4.69) is 19.4 Å². The van der Waals surface area contributed by atoms with E-state index < -0.39 is 28.8 Å². The quantitative estimate of drug-likeness (QED) is 0.390. The minimum atomic E-state index is -2.97. The number of aliphatic hydroxyl groups is 1. The Morgan fingerprint density at radius 2 is 2.03 bits per heavy atom. The third-order valence-corrected chi connectivity index (χ3v) is 7.09. The van der Waals surface area contributed by atoms with E-state index >= 15 is 0 Å². The van der Waals surface area contributed by atoms with Gasteiger partial charge in [0, 0.05) is 5.92 Å². The lowest BCUT2D eigenvalue weighted by atomic mass is 9.94. The third kappa shape index (κ3) is 5.86. The van der Waals surface area contributed by atoms with Crippen molar-refractivity contribution in [3.8, 4) is 5.75 Å². The van der Waals surface area contributed by atoms with Crippen molar-refractivity contribution < 1.29 is 27.6 Å². The number of aromatic nitrogens is 1. The first kappa shape index (κ1) is 23.3. The molecule has 2 amide bonds. The lowest BCUT2D eigenvalue weighted by Crippen LogP contribution is -2.14. The molecule has 0 saturated heterocycles. The molecule has 1 atom stereocenters. The van der Waals surface area contributed by atoms with Gasteiger partial charge in [0.2, 0.25) is 0 Å². The van der Waals surface area contributed by atoms with Crippen molar-refractivity contribution in [3.63, 3.8) is 0 Å². The Morgan fingerprint density at radius 3 is 2.55 bits per heavy atom.